The Bertz CT molecular complexity index is 458. The monoisotopic (exact) mass is 257 g/mol. The van der Waals surface area contributed by atoms with E-state index in [0.717, 1.165) is 21.6 Å². The van der Waals surface area contributed by atoms with Crippen molar-refractivity contribution in [2.75, 3.05) is 0 Å². The molecule has 0 spiro atoms. The molecule has 3 nitrogen and oxygen atoms in total. The van der Waals surface area contributed by atoms with Crippen LogP contribution in [0.15, 0.2) is 22.7 Å². The van der Waals surface area contributed by atoms with E-state index in [1.807, 2.05) is 13.0 Å². The highest BCUT2D eigenvalue weighted by atomic mass is 35.5. The first kappa shape index (κ1) is 10.9. The number of hydrogen-bond donors (Lipinski definition) is 0. The SMILES string of the molecule is Cc1nsc(SCc2cc(Cl)ccn2)n1. The van der Waals surface area contributed by atoms with E-state index in [1.165, 1.54) is 11.5 Å². The average molecular weight is 258 g/mol. The van der Waals surface area contributed by atoms with Gasteiger partial charge in [0.05, 0.1) is 5.69 Å². The largest absolute Gasteiger partial charge is 0.260 e. The van der Waals surface area contributed by atoms with E-state index in [1.54, 1.807) is 24.0 Å². The lowest BCUT2D eigenvalue weighted by Crippen LogP contribution is -1.85. The topological polar surface area (TPSA) is 38.7 Å². The molecule has 15 heavy (non-hydrogen) atoms. The third-order valence-electron chi connectivity index (χ3n) is 1.63. The fraction of sp³-hybridized carbons (Fsp3) is 0.222. The van der Waals surface area contributed by atoms with Crippen molar-refractivity contribution in [3.05, 3.63) is 34.9 Å². The minimum Gasteiger partial charge on any atom is -0.260 e. The van der Waals surface area contributed by atoms with Crippen molar-refractivity contribution < 1.29 is 0 Å². The quantitative estimate of drug-likeness (QED) is 0.792. The van der Waals surface area contributed by atoms with Gasteiger partial charge in [-0.15, -0.1) is 0 Å². The first-order chi connectivity index (χ1) is 7.24. The first-order valence-electron chi connectivity index (χ1n) is 4.27. The van der Waals surface area contributed by atoms with Crippen LogP contribution in [0, 0.1) is 6.92 Å². The summed E-state index contributed by atoms with van der Waals surface area (Å²) in [5.74, 6) is 1.59. The summed E-state index contributed by atoms with van der Waals surface area (Å²) in [6.07, 6.45) is 1.71. The lowest BCUT2D eigenvalue weighted by Gasteiger charge is -1.97. The highest BCUT2D eigenvalue weighted by Gasteiger charge is 2.02. The summed E-state index contributed by atoms with van der Waals surface area (Å²) in [6, 6.07) is 3.63. The van der Waals surface area contributed by atoms with Gasteiger partial charge in [0.15, 0.2) is 4.34 Å². The molecule has 0 aliphatic heterocycles. The molecule has 0 atom stereocenters. The highest BCUT2D eigenvalue weighted by molar-refractivity contribution is 8.00. The number of nitrogens with zero attached hydrogens (tertiary/aromatic N) is 3. The van der Waals surface area contributed by atoms with Crippen molar-refractivity contribution in [1.29, 1.82) is 0 Å². The van der Waals surface area contributed by atoms with Gasteiger partial charge in [0.25, 0.3) is 0 Å². The van der Waals surface area contributed by atoms with Crippen LogP contribution >= 0.6 is 34.9 Å². The van der Waals surface area contributed by atoms with Crippen molar-refractivity contribution in [3.63, 3.8) is 0 Å². The Balaban J connectivity index is 1.99. The van der Waals surface area contributed by atoms with Crippen LogP contribution in [0.3, 0.4) is 0 Å². The number of hydrogen-bond acceptors (Lipinski definition) is 5. The number of aromatic nitrogens is 3. The first-order valence-corrected chi connectivity index (χ1v) is 6.41. The molecule has 2 heterocycles. The van der Waals surface area contributed by atoms with Gasteiger partial charge in [0.1, 0.15) is 5.82 Å². The van der Waals surface area contributed by atoms with E-state index in [2.05, 4.69) is 14.3 Å². The summed E-state index contributed by atoms with van der Waals surface area (Å²) in [4.78, 5) is 8.47. The molecule has 2 rings (SSSR count). The Kier molecular flexibility index (Phi) is 3.56. The van der Waals surface area contributed by atoms with Crippen LogP contribution in [-0.4, -0.2) is 14.3 Å². The number of rotatable bonds is 3. The van der Waals surface area contributed by atoms with Crippen LogP contribution in [0.1, 0.15) is 11.5 Å². The second-order valence-electron chi connectivity index (χ2n) is 2.86. The molecule has 0 fully saturated rings. The molecule has 0 aromatic carbocycles. The molecule has 0 saturated carbocycles. The van der Waals surface area contributed by atoms with Crippen LogP contribution in [0.5, 0.6) is 0 Å². The van der Waals surface area contributed by atoms with Crippen molar-refractivity contribution >= 4 is 34.9 Å². The van der Waals surface area contributed by atoms with E-state index in [0.29, 0.717) is 5.02 Å². The van der Waals surface area contributed by atoms with Crippen LogP contribution in [-0.2, 0) is 5.75 Å². The molecular weight excluding hydrogens is 250 g/mol. The number of halogens is 1. The standard InChI is InChI=1S/C9H8ClN3S2/c1-6-12-9(15-13-6)14-5-8-4-7(10)2-3-11-8/h2-4H,5H2,1H3. The van der Waals surface area contributed by atoms with Crippen molar-refractivity contribution in [1.82, 2.24) is 14.3 Å². The molecule has 0 saturated heterocycles. The van der Waals surface area contributed by atoms with E-state index in [9.17, 15) is 0 Å². The maximum atomic E-state index is 5.86. The van der Waals surface area contributed by atoms with E-state index in [-0.39, 0.29) is 0 Å². The maximum Gasteiger partial charge on any atom is 0.170 e. The zero-order chi connectivity index (χ0) is 10.7. The zero-order valence-corrected chi connectivity index (χ0v) is 10.4. The summed E-state index contributed by atoms with van der Waals surface area (Å²) in [5, 5.41) is 0.717. The average Bonchev–Trinajstić information content (AvgIpc) is 2.62. The summed E-state index contributed by atoms with van der Waals surface area (Å²) in [5.41, 5.74) is 0.959. The van der Waals surface area contributed by atoms with Gasteiger partial charge < -0.3 is 0 Å². The van der Waals surface area contributed by atoms with E-state index in [4.69, 9.17) is 11.6 Å². The molecular formula is C9H8ClN3S2. The maximum absolute atomic E-state index is 5.86. The van der Waals surface area contributed by atoms with Crippen molar-refractivity contribution in [3.8, 4) is 0 Å². The van der Waals surface area contributed by atoms with Crippen LogP contribution < -0.4 is 0 Å². The van der Waals surface area contributed by atoms with Gasteiger partial charge in [0, 0.05) is 17.0 Å². The lowest BCUT2D eigenvalue weighted by molar-refractivity contribution is 1.10. The Labute approximate surface area is 101 Å². The van der Waals surface area contributed by atoms with E-state index >= 15 is 0 Å². The van der Waals surface area contributed by atoms with Gasteiger partial charge >= 0.3 is 0 Å². The summed E-state index contributed by atoms with van der Waals surface area (Å²) < 4.78 is 5.08. The van der Waals surface area contributed by atoms with Crippen molar-refractivity contribution in [2.24, 2.45) is 0 Å². The number of thioether (sulfide) groups is 1. The third-order valence-corrected chi connectivity index (χ3v) is 3.82. The van der Waals surface area contributed by atoms with Gasteiger partial charge in [-0.2, -0.15) is 4.37 Å². The van der Waals surface area contributed by atoms with Gasteiger partial charge in [-0.1, -0.05) is 23.4 Å². The fourth-order valence-electron chi connectivity index (χ4n) is 1.00. The minimum atomic E-state index is 0.717. The number of pyridine rings is 1. The Morgan fingerprint density at radius 1 is 1.53 bits per heavy atom. The molecule has 2 aromatic rings. The highest BCUT2D eigenvalue weighted by Crippen LogP contribution is 2.24. The molecule has 6 heteroatoms. The fourth-order valence-corrected chi connectivity index (χ4v) is 2.73. The smallest absolute Gasteiger partial charge is 0.170 e. The minimum absolute atomic E-state index is 0.717. The predicted octanol–water partition coefficient (Wildman–Crippen LogP) is 3.19. The molecule has 0 unspecified atom stereocenters. The second-order valence-corrected chi connectivity index (χ2v) is 5.27. The molecule has 0 bridgehead atoms. The van der Waals surface area contributed by atoms with Gasteiger partial charge in [-0.3, -0.25) is 4.98 Å². The van der Waals surface area contributed by atoms with Gasteiger partial charge in [-0.05, 0) is 30.6 Å². The van der Waals surface area contributed by atoms with Crippen molar-refractivity contribution in [2.45, 2.75) is 17.0 Å². The Morgan fingerprint density at radius 3 is 3.07 bits per heavy atom. The summed E-state index contributed by atoms with van der Waals surface area (Å²) in [6.45, 7) is 1.89. The van der Waals surface area contributed by atoms with Crippen LogP contribution in [0.4, 0.5) is 0 Å². The molecule has 78 valence electrons. The van der Waals surface area contributed by atoms with E-state index < -0.39 is 0 Å². The zero-order valence-electron chi connectivity index (χ0n) is 7.98. The number of aryl methyl sites for hydroxylation is 1. The molecule has 0 N–H and O–H groups in total. The molecule has 0 aliphatic carbocycles. The lowest BCUT2D eigenvalue weighted by atomic mass is 10.4. The summed E-state index contributed by atoms with van der Waals surface area (Å²) >= 11 is 8.90. The van der Waals surface area contributed by atoms with Gasteiger partial charge in [-0.25, -0.2) is 4.98 Å². The Morgan fingerprint density at radius 2 is 2.40 bits per heavy atom. The van der Waals surface area contributed by atoms with Crippen LogP contribution in [0.2, 0.25) is 5.02 Å². The molecule has 0 aliphatic rings. The molecule has 2 aromatic heterocycles. The molecule has 0 radical (unpaired) electrons. The Hall–Kier alpha value is -0.650. The third kappa shape index (κ3) is 3.15. The predicted molar refractivity (Wildman–Crippen MR) is 63.5 cm³/mol. The van der Waals surface area contributed by atoms with Gasteiger partial charge in [0.2, 0.25) is 0 Å². The molecule has 0 amide bonds. The van der Waals surface area contributed by atoms with Crippen LogP contribution in [0.25, 0.3) is 0 Å². The second kappa shape index (κ2) is 4.92. The normalized spacial score (nSPS) is 10.5. The summed E-state index contributed by atoms with van der Waals surface area (Å²) in [7, 11) is 0.